The molecule has 0 N–H and O–H groups in total. The largest absolute Gasteiger partial charge is 0.378 e. The molecule has 0 radical (unpaired) electrons. The van der Waals surface area contributed by atoms with Crippen molar-refractivity contribution < 1.29 is 9.53 Å². The number of morpholine rings is 1. The highest BCUT2D eigenvalue weighted by atomic mass is 16.5. The summed E-state index contributed by atoms with van der Waals surface area (Å²) < 4.78 is 5.35. The van der Waals surface area contributed by atoms with E-state index in [2.05, 4.69) is 26.8 Å². The maximum Gasteiger partial charge on any atom is 0.244 e. The van der Waals surface area contributed by atoms with E-state index < -0.39 is 5.41 Å². The van der Waals surface area contributed by atoms with Crippen LogP contribution in [-0.4, -0.2) is 37.1 Å². The van der Waals surface area contributed by atoms with Gasteiger partial charge in [-0.2, -0.15) is 5.26 Å². The van der Waals surface area contributed by atoms with Crippen LogP contribution in [0.3, 0.4) is 0 Å². The quantitative estimate of drug-likeness (QED) is 0.745. The molecular weight excluding hydrogens is 264 g/mol. The van der Waals surface area contributed by atoms with Crippen molar-refractivity contribution in [1.29, 1.82) is 5.26 Å². The summed E-state index contributed by atoms with van der Waals surface area (Å²) in [6.07, 6.45) is 3.42. The Morgan fingerprint density at radius 3 is 2.52 bits per heavy atom. The molecule has 0 aromatic heterocycles. The minimum absolute atomic E-state index is 0.0636. The van der Waals surface area contributed by atoms with Gasteiger partial charge < -0.3 is 9.64 Å². The number of nitriles is 1. The number of hydrogen-bond acceptors (Lipinski definition) is 3. The van der Waals surface area contributed by atoms with Gasteiger partial charge in [-0.25, -0.2) is 0 Å². The Kier molecular flexibility index (Phi) is 3.52. The highest BCUT2D eigenvalue weighted by Crippen LogP contribution is 2.69. The molecule has 1 saturated heterocycles. The Morgan fingerprint density at radius 1 is 1.24 bits per heavy atom. The van der Waals surface area contributed by atoms with Crippen LogP contribution in [0.1, 0.15) is 40.0 Å². The average Bonchev–Trinajstić information content (AvgIpc) is 2.48. The summed E-state index contributed by atoms with van der Waals surface area (Å²) in [5.41, 5.74) is -1.02. The first-order valence-electron chi connectivity index (χ1n) is 8.23. The van der Waals surface area contributed by atoms with Gasteiger partial charge in [0, 0.05) is 13.1 Å². The van der Waals surface area contributed by atoms with E-state index in [0.717, 1.165) is 6.42 Å². The fourth-order valence-corrected chi connectivity index (χ4v) is 5.12. The number of carbonyl (C=O) groups is 1. The molecule has 2 aliphatic carbocycles. The second-order valence-corrected chi connectivity index (χ2v) is 7.68. The van der Waals surface area contributed by atoms with Crippen LogP contribution in [0.4, 0.5) is 0 Å². The summed E-state index contributed by atoms with van der Waals surface area (Å²) >= 11 is 0. The number of fused-ring (bicyclic) bond motifs is 1. The molecule has 1 amide bonds. The number of ether oxygens (including phenoxy) is 1. The van der Waals surface area contributed by atoms with Crippen LogP contribution in [0.5, 0.6) is 0 Å². The third-order valence-electron chi connectivity index (χ3n) is 6.42. The van der Waals surface area contributed by atoms with Gasteiger partial charge >= 0.3 is 0 Å². The summed E-state index contributed by atoms with van der Waals surface area (Å²) in [5.74, 6) is 1.47. The molecule has 0 aromatic carbocycles. The molecule has 116 valence electrons. The first kappa shape index (κ1) is 14.8. The molecule has 1 heterocycles. The van der Waals surface area contributed by atoms with Crippen molar-refractivity contribution in [2.45, 2.75) is 40.0 Å². The zero-order chi connectivity index (χ0) is 15.3. The summed E-state index contributed by atoms with van der Waals surface area (Å²) in [7, 11) is 0. The molecule has 0 spiro atoms. The molecule has 0 bridgehead atoms. The maximum absolute atomic E-state index is 13.2. The lowest BCUT2D eigenvalue weighted by Gasteiger charge is -2.66. The van der Waals surface area contributed by atoms with Crippen LogP contribution in [0.25, 0.3) is 0 Å². The maximum atomic E-state index is 13.2. The van der Waals surface area contributed by atoms with Crippen LogP contribution in [-0.2, 0) is 9.53 Å². The van der Waals surface area contributed by atoms with E-state index in [1.165, 1.54) is 12.8 Å². The van der Waals surface area contributed by atoms with Crippen molar-refractivity contribution in [3.63, 3.8) is 0 Å². The van der Waals surface area contributed by atoms with Crippen molar-refractivity contribution in [3.05, 3.63) is 0 Å². The highest BCUT2D eigenvalue weighted by Gasteiger charge is 2.72. The van der Waals surface area contributed by atoms with Gasteiger partial charge in [-0.3, -0.25) is 4.79 Å². The molecule has 4 atom stereocenters. The van der Waals surface area contributed by atoms with Gasteiger partial charge in [0.1, 0.15) is 5.41 Å². The summed E-state index contributed by atoms with van der Waals surface area (Å²) in [5, 5.41) is 9.97. The molecule has 3 aliphatic rings. The Bertz CT molecular complexity index is 476. The van der Waals surface area contributed by atoms with Crippen molar-refractivity contribution in [2.75, 3.05) is 26.3 Å². The van der Waals surface area contributed by atoms with E-state index in [9.17, 15) is 10.1 Å². The van der Waals surface area contributed by atoms with Crippen LogP contribution in [0.2, 0.25) is 0 Å². The highest BCUT2D eigenvalue weighted by molar-refractivity contribution is 5.88. The van der Waals surface area contributed by atoms with Crippen LogP contribution >= 0.6 is 0 Å². The lowest BCUT2D eigenvalue weighted by molar-refractivity contribution is -0.202. The normalized spacial score (nSPS) is 41.6. The van der Waals surface area contributed by atoms with E-state index >= 15 is 0 Å². The Morgan fingerprint density at radius 2 is 1.90 bits per heavy atom. The third-order valence-corrected chi connectivity index (χ3v) is 6.42. The number of nitrogens with zero attached hydrogens (tertiary/aromatic N) is 2. The topological polar surface area (TPSA) is 53.3 Å². The van der Waals surface area contributed by atoms with Gasteiger partial charge in [0.2, 0.25) is 5.91 Å². The zero-order valence-electron chi connectivity index (χ0n) is 13.4. The molecule has 4 heteroatoms. The van der Waals surface area contributed by atoms with Crippen LogP contribution in [0, 0.1) is 39.9 Å². The second kappa shape index (κ2) is 4.98. The lowest BCUT2D eigenvalue weighted by Crippen LogP contribution is -2.70. The van der Waals surface area contributed by atoms with Gasteiger partial charge in [-0.15, -0.1) is 0 Å². The van der Waals surface area contributed by atoms with Crippen LogP contribution in [0.15, 0.2) is 0 Å². The number of amides is 1. The van der Waals surface area contributed by atoms with Crippen molar-refractivity contribution in [3.8, 4) is 6.07 Å². The number of carbonyl (C=O) groups excluding carboxylic acids is 1. The number of rotatable bonds is 1. The Balaban J connectivity index is 1.91. The first-order valence-corrected chi connectivity index (χ1v) is 8.23. The predicted octanol–water partition coefficient (Wildman–Crippen LogP) is 2.45. The average molecular weight is 290 g/mol. The molecule has 4 nitrogen and oxygen atoms in total. The molecular formula is C17H26N2O2. The third kappa shape index (κ3) is 1.86. The predicted molar refractivity (Wildman–Crippen MR) is 79.2 cm³/mol. The van der Waals surface area contributed by atoms with Gasteiger partial charge in [-0.1, -0.05) is 27.2 Å². The van der Waals surface area contributed by atoms with Gasteiger partial charge in [0.05, 0.1) is 19.3 Å². The zero-order valence-corrected chi connectivity index (χ0v) is 13.4. The molecule has 2 saturated carbocycles. The summed E-state index contributed by atoms with van der Waals surface area (Å²) in [4.78, 5) is 15.0. The van der Waals surface area contributed by atoms with E-state index in [4.69, 9.17) is 4.74 Å². The summed E-state index contributed by atoms with van der Waals surface area (Å²) in [6.45, 7) is 8.97. The fraction of sp³-hybridized carbons (Fsp3) is 0.882. The molecule has 3 fully saturated rings. The first-order chi connectivity index (χ1) is 9.95. The number of hydrogen-bond donors (Lipinski definition) is 0. The van der Waals surface area contributed by atoms with E-state index in [1.807, 2.05) is 4.90 Å². The SMILES string of the molecule is CC1CCC2C(C1)C(C#N)(C(=O)N1CCOCC1)C2(C)C. The molecule has 0 aromatic rings. The van der Waals surface area contributed by atoms with Gasteiger partial charge in [0.25, 0.3) is 0 Å². The minimum atomic E-state index is -0.816. The second-order valence-electron chi connectivity index (χ2n) is 7.68. The smallest absolute Gasteiger partial charge is 0.244 e. The van der Waals surface area contributed by atoms with Gasteiger partial charge in [-0.05, 0) is 36.0 Å². The molecule has 1 aliphatic heterocycles. The Labute approximate surface area is 127 Å². The van der Waals surface area contributed by atoms with E-state index in [0.29, 0.717) is 38.1 Å². The standard InChI is InChI=1S/C17H26N2O2/c1-12-4-5-13-14(10-12)17(11-18,16(13,2)3)15(20)19-6-8-21-9-7-19/h12-14H,4-10H2,1-3H3. The van der Waals surface area contributed by atoms with E-state index in [1.54, 1.807) is 0 Å². The van der Waals surface area contributed by atoms with Crippen LogP contribution < -0.4 is 0 Å². The van der Waals surface area contributed by atoms with Crippen molar-refractivity contribution >= 4 is 5.91 Å². The summed E-state index contributed by atoms with van der Waals surface area (Å²) in [6, 6.07) is 2.49. The monoisotopic (exact) mass is 290 g/mol. The lowest BCUT2D eigenvalue weighted by atomic mass is 9.36. The Hall–Kier alpha value is -1.08. The molecule has 4 unspecified atom stereocenters. The van der Waals surface area contributed by atoms with Crippen molar-refractivity contribution in [1.82, 2.24) is 4.90 Å². The minimum Gasteiger partial charge on any atom is -0.378 e. The fourth-order valence-electron chi connectivity index (χ4n) is 5.12. The van der Waals surface area contributed by atoms with E-state index in [-0.39, 0.29) is 17.2 Å². The molecule has 3 rings (SSSR count). The van der Waals surface area contributed by atoms with Gasteiger partial charge in [0.15, 0.2) is 0 Å². The molecule has 21 heavy (non-hydrogen) atoms. The van der Waals surface area contributed by atoms with Crippen molar-refractivity contribution in [2.24, 2.45) is 28.6 Å².